The van der Waals surface area contributed by atoms with E-state index < -0.39 is 11.7 Å². The standard InChI is InChI=1S/C6H7NO5/c8-3-4-1-2-7(12)6(4,11)5(9)10/h11-12H,1-2H2,(H,9,10). The summed E-state index contributed by atoms with van der Waals surface area (Å²) >= 11 is 0. The molecule has 3 N–H and O–H groups in total. The van der Waals surface area contributed by atoms with Gasteiger partial charge in [-0.1, -0.05) is 0 Å². The van der Waals surface area contributed by atoms with E-state index in [4.69, 9.17) is 10.3 Å². The molecule has 0 spiro atoms. The second-order valence-electron chi connectivity index (χ2n) is 2.43. The van der Waals surface area contributed by atoms with Gasteiger partial charge in [0.05, 0.1) is 5.57 Å². The predicted octanol–water partition coefficient (Wildman–Crippen LogP) is -1.39. The molecular weight excluding hydrogens is 166 g/mol. The number of rotatable bonds is 1. The van der Waals surface area contributed by atoms with E-state index in [1.165, 1.54) is 5.94 Å². The van der Waals surface area contributed by atoms with E-state index in [9.17, 15) is 14.7 Å². The summed E-state index contributed by atoms with van der Waals surface area (Å²) in [5.41, 5.74) is -2.95. The highest BCUT2D eigenvalue weighted by molar-refractivity contribution is 5.85. The lowest BCUT2D eigenvalue weighted by Crippen LogP contribution is -2.50. The van der Waals surface area contributed by atoms with Gasteiger partial charge in [0.1, 0.15) is 5.94 Å². The molecule has 0 aromatic carbocycles. The van der Waals surface area contributed by atoms with Crippen LogP contribution in [0.3, 0.4) is 0 Å². The minimum Gasteiger partial charge on any atom is -0.478 e. The third-order valence-corrected chi connectivity index (χ3v) is 1.79. The van der Waals surface area contributed by atoms with Crippen LogP contribution in [0.1, 0.15) is 6.42 Å². The number of carboxylic acids is 1. The second-order valence-corrected chi connectivity index (χ2v) is 2.43. The van der Waals surface area contributed by atoms with Crippen LogP contribution < -0.4 is 0 Å². The van der Waals surface area contributed by atoms with Gasteiger partial charge in [0, 0.05) is 6.54 Å². The van der Waals surface area contributed by atoms with Crippen molar-refractivity contribution in [1.82, 2.24) is 5.06 Å². The largest absolute Gasteiger partial charge is 0.478 e. The number of carbonyl (C=O) groups excluding carboxylic acids is 1. The average Bonchev–Trinajstić information content (AvgIpc) is 2.30. The first-order valence-corrected chi connectivity index (χ1v) is 3.20. The van der Waals surface area contributed by atoms with E-state index in [1.54, 1.807) is 0 Å². The highest BCUT2D eigenvalue weighted by atomic mass is 16.6. The first-order valence-electron chi connectivity index (χ1n) is 3.20. The average molecular weight is 173 g/mol. The molecule has 0 amide bonds. The Morgan fingerprint density at radius 2 is 2.25 bits per heavy atom. The summed E-state index contributed by atoms with van der Waals surface area (Å²) < 4.78 is 0. The van der Waals surface area contributed by atoms with E-state index in [-0.39, 0.29) is 23.6 Å². The van der Waals surface area contributed by atoms with Crippen LogP contribution in [-0.2, 0) is 9.59 Å². The summed E-state index contributed by atoms with van der Waals surface area (Å²) in [7, 11) is 0. The monoisotopic (exact) mass is 173 g/mol. The maximum atomic E-state index is 10.5. The quantitative estimate of drug-likeness (QED) is 0.422. The van der Waals surface area contributed by atoms with Gasteiger partial charge in [-0.3, -0.25) is 0 Å². The molecule has 0 bridgehead atoms. The van der Waals surface area contributed by atoms with Crippen molar-refractivity contribution in [3.05, 3.63) is 5.57 Å². The summed E-state index contributed by atoms with van der Waals surface area (Å²) in [6.07, 6.45) is 0.00278. The van der Waals surface area contributed by atoms with Gasteiger partial charge in [-0.15, -0.1) is 5.06 Å². The normalized spacial score (nSPS) is 30.3. The molecule has 0 aromatic heterocycles. The lowest BCUT2D eigenvalue weighted by Gasteiger charge is -2.22. The first-order chi connectivity index (χ1) is 5.53. The van der Waals surface area contributed by atoms with E-state index in [0.717, 1.165) is 0 Å². The van der Waals surface area contributed by atoms with Crippen LogP contribution in [0.15, 0.2) is 5.57 Å². The van der Waals surface area contributed by atoms with E-state index in [2.05, 4.69) is 0 Å². The Kier molecular flexibility index (Phi) is 1.99. The van der Waals surface area contributed by atoms with Crippen molar-refractivity contribution in [2.75, 3.05) is 6.54 Å². The Balaban J connectivity index is 3.14. The van der Waals surface area contributed by atoms with Crippen LogP contribution in [-0.4, -0.2) is 44.7 Å². The van der Waals surface area contributed by atoms with Gasteiger partial charge in [-0.05, 0) is 6.42 Å². The minimum absolute atomic E-state index is 0.00278. The molecule has 0 aliphatic carbocycles. The number of hydrogen-bond donors (Lipinski definition) is 3. The van der Waals surface area contributed by atoms with Gasteiger partial charge in [0.15, 0.2) is 0 Å². The molecule has 6 nitrogen and oxygen atoms in total. The lowest BCUT2D eigenvalue weighted by atomic mass is 10.1. The van der Waals surface area contributed by atoms with Gasteiger partial charge >= 0.3 is 5.97 Å². The number of aliphatic hydroxyl groups is 1. The van der Waals surface area contributed by atoms with Crippen LogP contribution >= 0.6 is 0 Å². The van der Waals surface area contributed by atoms with E-state index in [1.807, 2.05) is 0 Å². The summed E-state index contributed by atoms with van der Waals surface area (Å²) in [6, 6.07) is 0. The van der Waals surface area contributed by atoms with Crippen molar-refractivity contribution < 1.29 is 25.0 Å². The van der Waals surface area contributed by atoms with Crippen LogP contribution in [0.2, 0.25) is 0 Å². The van der Waals surface area contributed by atoms with E-state index in [0.29, 0.717) is 0 Å². The number of hydroxylamine groups is 2. The van der Waals surface area contributed by atoms with Crippen molar-refractivity contribution in [3.8, 4) is 0 Å². The fourth-order valence-electron chi connectivity index (χ4n) is 1.07. The van der Waals surface area contributed by atoms with Crippen molar-refractivity contribution >= 4 is 11.9 Å². The summed E-state index contributed by atoms with van der Waals surface area (Å²) in [5, 5.41) is 26.9. The maximum absolute atomic E-state index is 10.5. The molecule has 66 valence electrons. The zero-order valence-electron chi connectivity index (χ0n) is 6.02. The predicted molar refractivity (Wildman–Crippen MR) is 34.9 cm³/mol. The van der Waals surface area contributed by atoms with Crippen molar-refractivity contribution in [3.63, 3.8) is 0 Å². The molecule has 1 heterocycles. The Morgan fingerprint density at radius 3 is 2.58 bits per heavy atom. The summed E-state index contributed by atoms with van der Waals surface area (Å²) in [4.78, 5) is 20.6. The third-order valence-electron chi connectivity index (χ3n) is 1.79. The molecular formula is C6H7NO5. The zero-order valence-corrected chi connectivity index (χ0v) is 6.02. The van der Waals surface area contributed by atoms with E-state index >= 15 is 0 Å². The second kappa shape index (κ2) is 2.69. The molecule has 6 heteroatoms. The number of aliphatic carboxylic acids is 1. The fraction of sp³-hybridized carbons (Fsp3) is 0.500. The molecule has 1 saturated heterocycles. The molecule has 1 fully saturated rings. The molecule has 0 aromatic rings. The Labute approximate surface area is 67.3 Å². The van der Waals surface area contributed by atoms with Gasteiger partial charge in [-0.2, -0.15) is 0 Å². The van der Waals surface area contributed by atoms with Crippen LogP contribution in [0, 0.1) is 0 Å². The van der Waals surface area contributed by atoms with Crippen LogP contribution in [0.5, 0.6) is 0 Å². The van der Waals surface area contributed by atoms with Crippen molar-refractivity contribution in [1.29, 1.82) is 0 Å². The smallest absolute Gasteiger partial charge is 0.359 e. The number of carboxylic acid groups (broad SMARTS) is 1. The fourth-order valence-corrected chi connectivity index (χ4v) is 1.07. The molecule has 1 aliphatic heterocycles. The van der Waals surface area contributed by atoms with Crippen molar-refractivity contribution in [2.45, 2.75) is 12.1 Å². The first kappa shape index (κ1) is 8.89. The van der Waals surface area contributed by atoms with Gasteiger partial charge in [0.2, 0.25) is 0 Å². The highest BCUT2D eigenvalue weighted by Gasteiger charge is 2.51. The topological polar surface area (TPSA) is 98.1 Å². The number of hydrogen-bond acceptors (Lipinski definition) is 5. The summed E-state index contributed by atoms with van der Waals surface area (Å²) in [5.74, 6) is -0.379. The molecule has 1 aliphatic rings. The molecule has 12 heavy (non-hydrogen) atoms. The van der Waals surface area contributed by atoms with Crippen molar-refractivity contribution in [2.24, 2.45) is 0 Å². The number of carbonyl (C=O) groups is 1. The van der Waals surface area contributed by atoms with Gasteiger partial charge in [0.25, 0.3) is 5.72 Å². The Morgan fingerprint density at radius 1 is 1.67 bits per heavy atom. The Hall–Kier alpha value is -1.20. The molecule has 0 radical (unpaired) electrons. The SMILES string of the molecule is O=C=C1CCN(O)C1(O)C(=O)O. The van der Waals surface area contributed by atoms with Crippen LogP contribution in [0.4, 0.5) is 0 Å². The molecule has 0 saturated carbocycles. The molecule has 1 atom stereocenters. The Bertz CT molecular complexity index is 269. The zero-order chi connectivity index (χ0) is 9.35. The van der Waals surface area contributed by atoms with Crippen LogP contribution in [0.25, 0.3) is 0 Å². The van der Waals surface area contributed by atoms with Gasteiger partial charge < -0.3 is 15.4 Å². The highest BCUT2D eigenvalue weighted by Crippen LogP contribution is 2.28. The summed E-state index contributed by atoms with van der Waals surface area (Å²) in [6.45, 7) is -0.0899. The maximum Gasteiger partial charge on any atom is 0.359 e. The number of nitrogens with zero attached hydrogens (tertiary/aromatic N) is 1. The minimum atomic E-state index is -2.58. The lowest BCUT2D eigenvalue weighted by molar-refractivity contribution is -0.232. The molecule has 1 unspecified atom stereocenters. The van der Waals surface area contributed by atoms with Gasteiger partial charge in [-0.25, -0.2) is 9.59 Å². The third kappa shape index (κ3) is 0.945. The molecule has 1 rings (SSSR count).